The molecule has 0 amide bonds. The molecule has 0 aromatic heterocycles. The summed E-state index contributed by atoms with van der Waals surface area (Å²) in [4.78, 5) is 30.8. The molecule has 6 nitrogen and oxygen atoms in total. The second kappa shape index (κ2) is 4.83. The lowest BCUT2D eigenvalue weighted by Gasteiger charge is -2.00. The van der Waals surface area contributed by atoms with Crippen LogP contribution >= 0.6 is 0 Å². The molecule has 16 heavy (non-hydrogen) atoms. The third kappa shape index (κ3) is 2.50. The quantitative estimate of drug-likeness (QED) is 0.357. The number of hydrogen-bond acceptors (Lipinski definition) is 4. The molecule has 0 unspecified atom stereocenters. The van der Waals surface area contributed by atoms with Crippen molar-refractivity contribution in [3.63, 3.8) is 0 Å². The van der Waals surface area contributed by atoms with Crippen molar-refractivity contribution in [1.29, 1.82) is 0 Å². The summed E-state index contributed by atoms with van der Waals surface area (Å²) in [6.07, 6.45) is 1.17. The first kappa shape index (κ1) is 11.6. The van der Waals surface area contributed by atoms with E-state index in [1.165, 1.54) is 18.2 Å². The molecule has 0 radical (unpaired) electrons. The fourth-order valence-electron chi connectivity index (χ4n) is 1.15. The van der Waals surface area contributed by atoms with Crippen molar-refractivity contribution in [2.45, 2.75) is 0 Å². The van der Waals surface area contributed by atoms with Gasteiger partial charge < -0.3 is 5.11 Å². The van der Waals surface area contributed by atoms with Gasteiger partial charge in [0, 0.05) is 12.1 Å². The number of aliphatic carboxylic acids is 1. The molecule has 0 spiro atoms. The molecule has 0 atom stereocenters. The topological polar surface area (TPSA) is 97.5 Å². The predicted octanol–water partition coefficient (Wildman–Crippen LogP) is 1.26. The van der Waals surface area contributed by atoms with Crippen molar-refractivity contribution < 1.29 is 19.6 Å². The summed E-state index contributed by atoms with van der Waals surface area (Å²) in [5.41, 5.74) is -0.386. The minimum absolute atomic E-state index is 0.119. The van der Waals surface area contributed by atoms with E-state index in [0.29, 0.717) is 6.29 Å². The van der Waals surface area contributed by atoms with Crippen LogP contribution in [-0.2, 0) is 9.59 Å². The highest BCUT2D eigenvalue weighted by molar-refractivity contribution is 6.18. The van der Waals surface area contributed by atoms with Gasteiger partial charge in [0.2, 0.25) is 0 Å². The minimum Gasteiger partial charge on any atom is -0.478 e. The Labute approximate surface area is 90.0 Å². The Balaban J connectivity index is 3.26. The lowest BCUT2D eigenvalue weighted by Crippen LogP contribution is -2.00. The maximum atomic E-state index is 10.8. The number of hydrogen-bond donors (Lipinski definition) is 1. The summed E-state index contributed by atoms with van der Waals surface area (Å²) in [6.45, 7) is 0. The standard InChI is InChI=1S/C10H7NO5/c12-5-4-9(10(13)14)7-2-1-3-8(6-7)11(15)16/h1-6H,(H,13,14). The number of nitrogens with zero attached hydrogens (tertiary/aromatic N) is 1. The maximum absolute atomic E-state index is 10.8. The van der Waals surface area contributed by atoms with Gasteiger partial charge in [0.25, 0.3) is 5.69 Å². The summed E-state index contributed by atoms with van der Waals surface area (Å²) < 4.78 is 0. The Bertz CT molecular complexity index is 478. The number of rotatable bonds is 4. The molecular weight excluding hydrogens is 214 g/mol. The first-order valence-corrected chi connectivity index (χ1v) is 4.20. The Morgan fingerprint density at radius 3 is 2.62 bits per heavy atom. The van der Waals surface area contributed by atoms with Gasteiger partial charge in [0.05, 0.1) is 10.5 Å². The number of allylic oxidation sites excluding steroid dienone is 1. The summed E-state index contributed by atoms with van der Waals surface area (Å²) in [5.74, 6) is -1.31. The Morgan fingerprint density at radius 1 is 1.44 bits per heavy atom. The number of carboxylic acids is 1. The average molecular weight is 221 g/mol. The zero-order chi connectivity index (χ0) is 12.1. The SMILES string of the molecule is O=CC=C(C(=O)O)c1cccc([N+](=O)[O-])c1. The van der Waals surface area contributed by atoms with E-state index < -0.39 is 10.9 Å². The molecule has 0 bridgehead atoms. The van der Waals surface area contributed by atoms with E-state index in [1.54, 1.807) is 0 Å². The lowest BCUT2D eigenvalue weighted by molar-refractivity contribution is -0.384. The molecule has 0 fully saturated rings. The maximum Gasteiger partial charge on any atom is 0.336 e. The van der Waals surface area contributed by atoms with Crippen LogP contribution in [0.1, 0.15) is 5.56 Å². The van der Waals surface area contributed by atoms with Gasteiger partial charge in [-0.25, -0.2) is 4.79 Å². The zero-order valence-corrected chi connectivity index (χ0v) is 7.99. The van der Waals surface area contributed by atoms with E-state index in [1.807, 2.05) is 0 Å². The summed E-state index contributed by atoms with van der Waals surface area (Å²) >= 11 is 0. The van der Waals surface area contributed by atoms with E-state index in [2.05, 4.69) is 0 Å². The van der Waals surface area contributed by atoms with Gasteiger partial charge in [0.15, 0.2) is 0 Å². The Kier molecular flexibility index (Phi) is 3.49. The molecule has 0 heterocycles. The van der Waals surface area contributed by atoms with Gasteiger partial charge in [-0.3, -0.25) is 14.9 Å². The monoisotopic (exact) mass is 221 g/mol. The second-order valence-electron chi connectivity index (χ2n) is 2.83. The van der Waals surface area contributed by atoms with E-state index in [9.17, 15) is 19.7 Å². The Morgan fingerprint density at radius 2 is 2.12 bits per heavy atom. The molecule has 1 rings (SSSR count). The number of nitro groups is 1. The summed E-state index contributed by atoms with van der Waals surface area (Å²) in [5, 5.41) is 19.3. The fraction of sp³-hybridized carbons (Fsp3) is 0. The Hall–Kier alpha value is -2.50. The van der Waals surface area contributed by atoms with E-state index in [-0.39, 0.29) is 16.8 Å². The van der Waals surface area contributed by atoms with Crippen LogP contribution in [0.15, 0.2) is 30.3 Å². The molecule has 6 heteroatoms. The molecular formula is C10H7NO5. The van der Waals surface area contributed by atoms with Crippen molar-refractivity contribution in [1.82, 2.24) is 0 Å². The molecule has 82 valence electrons. The summed E-state index contributed by atoms with van der Waals surface area (Å²) in [7, 11) is 0. The summed E-state index contributed by atoms with van der Waals surface area (Å²) in [6, 6.07) is 5.08. The molecule has 0 aliphatic rings. The van der Waals surface area contributed by atoms with Crippen LogP contribution in [-0.4, -0.2) is 22.3 Å². The van der Waals surface area contributed by atoms with Gasteiger partial charge in [-0.2, -0.15) is 0 Å². The van der Waals surface area contributed by atoms with Gasteiger partial charge >= 0.3 is 5.97 Å². The molecule has 0 saturated heterocycles. The number of aldehydes is 1. The third-order valence-corrected chi connectivity index (χ3v) is 1.83. The number of benzene rings is 1. The fourth-order valence-corrected chi connectivity index (χ4v) is 1.15. The van der Waals surface area contributed by atoms with Crippen molar-refractivity contribution in [3.8, 4) is 0 Å². The highest BCUT2D eigenvalue weighted by Gasteiger charge is 2.13. The highest BCUT2D eigenvalue weighted by Crippen LogP contribution is 2.19. The highest BCUT2D eigenvalue weighted by atomic mass is 16.6. The number of nitro benzene ring substituents is 1. The van der Waals surface area contributed by atoms with E-state index >= 15 is 0 Å². The van der Waals surface area contributed by atoms with Gasteiger partial charge in [-0.1, -0.05) is 12.1 Å². The number of carboxylic acid groups (broad SMARTS) is 1. The first-order valence-electron chi connectivity index (χ1n) is 4.20. The number of carbonyl (C=O) groups is 2. The smallest absolute Gasteiger partial charge is 0.336 e. The van der Waals surface area contributed by atoms with Crippen LogP contribution < -0.4 is 0 Å². The van der Waals surface area contributed by atoms with Crippen LogP contribution in [0.3, 0.4) is 0 Å². The van der Waals surface area contributed by atoms with E-state index in [0.717, 1.165) is 12.1 Å². The largest absolute Gasteiger partial charge is 0.478 e. The molecule has 1 aromatic carbocycles. The lowest BCUT2D eigenvalue weighted by atomic mass is 10.1. The van der Waals surface area contributed by atoms with Gasteiger partial charge in [-0.15, -0.1) is 0 Å². The second-order valence-corrected chi connectivity index (χ2v) is 2.83. The molecule has 1 N–H and O–H groups in total. The molecule has 0 aliphatic carbocycles. The van der Waals surface area contributed by atoms with E-state index in [4.69, 9.17) is 5.11 Å². The predicted molar refractivity (Wildman–Crippen MR) is 54.8 cm³/mol. The van der Waals surface area contributed by atoms with Crippen molar-refractivity contribution in [2.24, 2.45) is 0 Å². The first-order chi connectivity index (χ1) is 7.56. The molecule has 0 saturated carbocycles. The normalized spacial score (nSPS) is 10.9. The van der Waals surface area contributed by atoms with Crippen molar-refractivity contribution >= 4 is 23.5 Å². The van der Waals surface area contributed by atoms with Gasteiger partial charge in [0.1, 0.15) is 6.29 Å². The van der Waals surface area contributed by atoms with Crippen LogP contribution in [0.25, 0.3) is 5.57 Å². The van der Waals surface area contributed by atoms with Crippen molar-refractivity contribution in [3.05, 3.63) is 46.0 Å². The van der Waals surface area contributed by atoms with Crippen LogP contribution in [0.2, 0.25) is 0 Å². The zero-order valence-electron chi connectivity index (χ0n) is 7.99. The van der Waals surface area contributed by atoms with Gasteiger partial charge in [-0.05, 0) is 11.6 Å². The van der Waals surface area contributed by atoms with Crippen LogP contribution in [0.4, 0.5) is 5.69 Å². The number of non-ortho nitro benzene ring substituents is 1. The third-order valence-electron chi connectivity index (χ3n) is 1.83. The minimum atomic E-state index is -1.31. The number of carbonyl (C=O) groups excluding carboxylic acids is 1. The van der Waals surface area contributed by atoms with Crippen molar-refractivity contribution in [2.75, 3.05) is 0 Å². The average Bonchev–Trinajstić information content (AvgIpc) is 2.25. The molecule has 0 aliphatic heterocycles. The molecule has 1 aromatic rings. The van der Waals surface area contributed by atoms with Crippen LogP contribution in [0, 0.1) is 10.1 Å². The van der Waals surface area contributed by atoms with Crippen LogP contribution in [0.5, 0.6) is 0 Å².